The molecule has 8 nitrogen and oxygen atoms in total. The van der Waals surface area contributed by atoms with Gasteiger partial charge in [-0.2, -0.15) is 0 Å². The molecule has 5 N–H and O–H groups in total. The molecule has 1 fully saturated rings. The highest BCUT2D eigenvalue weighted by atomic mass is 16.6. The second-order valence-electron chi connectivity index (χ2n) is 11.4. The number of carbonyl (C=O) groups is 1. The number of carbonyl (C=O) groups excluding carboxylic acids is 1. The third-order valence-corrected chi connectivity index (χ3v) is 6.98. The van der Waals surface area contributed by atoms with E-state index in [0.717, 1.165) is 16.7 Å². The van der Waals surface area contributed by atoms with Gasteiger partial charge in [0.15, 0.2) is 0 Å². The minimum absolute atomic E-state index is 0.0483. The number of ether oxygens (including phenoxy) is 4. The normalized spacial score (nSPS) is 24.6. The van der Waals surface area contributed by atoms with Crippen molar-refractivity contribution in [1.29, 1.82) is 0 Å². The largest absolute Gasteiger partial charge is 0.459 e. The molecule has 0 aromatic heterocycles. The average Bonchev–Trinajstić information content (AvgIpc) is 2.96. The van der Waals surface area contributed by atoms with Crippen molar-refractivity contribution in [2.24, 2.45) is 11.5 Å². The van der Waals surface area contributed by atoms with Crippen LogP contribution in [0.2, 0.25) is 0 Å². The van der Waals surface area contributed by atoms with Gasteiger partial charge in [-0.1, -0.05) is 91.0 Å². The van der Waals surface area contributed by atoms with Crippen molar-refractivity contribution in [2.45, 2.75) is 82.6 Å². The Labute approximate surface area is 243 Å². The molecule has 4 atom stereocenters. The van der Waals surface area contributed by atoms with Crippen molar-refractivity contribution >= 4 is 5.97 Å². The third kappa shape index (κ3) is 9.19. The Bertz CT molecular complexity index is 1130. The summed E-state index contributed by atoms with van der Waals surface area (Å²) < 4.78 is 24.9. The lowest BCUT2D eigenvalue weighted by Gasteiger charge is -2.48. The van der Waals surface area contributed by atoms with Crippen LogP contribution in [0.5, 0.6) is 0 Å². The predicted octanol–water partition coefficient (Wildman–Crippen LogP) is 3.71. The van der Waals surface area contributed by atoms with E-state index in [1.807, 2.05) is 112 Å². The Morgan fingerprint density at radius 1 is 0.659 bits per heavy atom. The van der Waals surface area contributed by atoms with Gasteiger partial charge < -0.3 is 30.4 Å². The highest BCUT2D eigenvalue weighted by molar-refractivity contribution is 5.72. The Hall–Kier alpha value is -3.11. The number of hydrogen-bond donors (Lipinski definition) is 3. The van der Waals surface area contributed by atoms with Gasteiger partial charge in [-0.25, -0.2) is 0 Å². The first-order chi connectivity index (χ1) is 19.7. The van der Waals surface area contributed by atoms with Gasteiger partial charge in [0, 0.05) is 0 Å². The van der Waals surface area contributed by atoms with E-state index in [1.54, 1.807) is 0 Å². The summed E-state index contributed by atoms with van der Waals surface area (Å²) in [5.74, 6) is -0.384. The van der Waals surface area contributed by atoms with Crippen LogP contribution in [0.1, 0.15) is 37.5 Å². The number of rotatable bonds is 12. The summed E-state index contributed by atoms with van der Waals surface area (Å²) in [5, 5.41) is 3.33. The van der Waals surface area contributed by atoms with Crippen molar-refractivity contribution in [2.75, 3.05) is 6.54 Å². The van der Waals surface area contributed by atoms with Crippen LogP contribution in [0, 0.1) is 0 Å². The highest BCUT2D eigenvalue weighted by Gasteiger charge is 2.50. The molecule has 3 aromatic rings. The first-order valence-electron chi connectivity index (χ1n) is 14.1. The number of esters is 1. The molecule has 41 heavy (non-hydrogen) atoms. The zero-order valence-electron chi connectivity index (χ0n) is 24.1. The quantitative estimate of drug-likeness (QED) is 0.287. The second-order valence-corrected chi connectivity index (χ2v) is 11.4. The lowest BCUT2D eigenvalue weighted by atomic mass is 9.80. The summed E-state index contributed by atoms with van der Waals surface area (Å²) in [5.41, 5.74) is 16.1. The first kappa shape index (κ1) is 30.8. The SMILES string of the molecule is CC(C)(C)OC(=O)CNC1C(OCc2ccccc2)C(N)C(OCc2ccccc2)C(N)C1OCc1ccccc1. The van der Waals surface area contributed by atoms with Gasteiger partial charge in [0.2, 0.25) is 0 Å². The van der Waals surface area contributed by atoms with Gasteiger partial charge in [-0.3, -0.25) is 10.1 Å². The van der Waals surface area contributed by atoms with Crippen LogP contribution in [0.3, 0.4) is 0 Å². The van der Waals surface area contributed by atoms with Crippen molar-refractivity contribution < 1.29 is 23.7 Å². The zero-order valence-corrected chi connectivity index (χ0v) is 24.1. The molecule has 4 unspecified atom stereocenters. The van der Waals surface area contributed by atoms with E-state index in [2.05, 4.69) is 5.32 Å². The fourth-order valence-corrected chi connectivity index (χ4v) is 5.06. The zero-order chi connectivity index (χ0) is 29.2. The number of nitrogens with two attached hydrogens (primary N) is 2. The molecule has 0 bridgehead atoms. The fourth-order valence-electron chi connectivity index (χ4n) is 5.06. The van der Waals surface area contributed by atoms with E-state index in [-0.39, 0.29) is 12.5 Å². The van der Waals surface area contributed by atoms with Gasteiger partial charge in [0.25, 0.3) is 0 Å². The van der Waals surface area contributed by atoms with Gasteiger partial charge in [0.05, 0.1) is 62.8 Å². The van der Waals surface area contributed by atoms with E-state index in [4.69, 9.17) is 30.4 Å². The lowest BCUT2D eigenvalue weighted by molar-refractivity contribution is -0.160. The Kier molecular flexibility index (Phi) is 11.0. The van der Waals surface area contributed by atoms with Crippen LogP contribution in [-0.4, -0.2) is 54.6 Å². The molecule has 3 aromatic carbocycles. The van der Waals surface area contributed by atoms with E-state index >= 15 is 0 Å². The minimum Gasteiger partial charge on any atom is -0.459 e. The van der Waals surface area contributed by atoms with E-state index in [0.29, 0.717) is 19.8 Å². The van der Waals surface area contributed by atoms with Crippen LogP contribution in [-0.2, 0) is 43.6 Å². The van der Waals surface area contributed by atoms with Crippen LogP contribution in [0.4, 0.5) is 0 Å². The third-order valence-electron chi connectivity index (χ3n) is 6.98. The van der Waals surface area contributed by atoms with Crippen molar-refractivity contribution in [3.8, 4) is 0 Å². The summed E-state index contributed by atoms with van der Waals surface area (Å²) in [7, 11) is 0. The van der Waals surface area contributed by atoms with Crippen LogP contribution in [0.15, 0.2) is 91.0 Å². The van der Waals surface area contributed by atoms with Crippen molar-refractivity contribution in [1.82, 2.24) is 5.32 Å². The molecule has 0 heterocycles. The molecule has 0 aliphatic heterocycles. The maximum Gasteiger partial charge on any atom is 0.320 e. The molecule has 1 aliphatic rings. The molecule has 1 aliphatic carbocycles. The Balaban J connectivity index is 1.59. The van der Waals surface area contributed by atoms with Crippen molar-refractivity contribution in [3.05, 3.63) is 108 Å². The monoisotopic (exact) mass is 561 g/mol. The fraction of sp³-hybridized carbons (Fsp3) is 0.424. The molecule has 0 radical (unpaired) electrons. The van der Waals surface area contributed by atoms with Gasteiger partial charge >= 0.3 is 5.97 Å². The maximum atomic E-state index is 12.7. The number of benzene rings is 3. The molecule has 8 heteroatoms. The molecule has 0 spiro atoms. The summed E-state index contributed by atoms with van der Waals surface area (Å²) in [4.78, 5) is 12.7. The van der Waals surface area contributed by atoms with Crippen LogP contribution in [0.25, 0.3) is 0 Å². The predicted molar refractivity (Wildman–Crippen MR) is 159 cm³/mol. The number of nitrogens with one attached hydrogen (secondary N) is 1. The second kappa shape index (κ2) is 14.7. The molecule has 1 saturated carbocycles. The van der Waals surface area contributed by atoms with Gasteiger partial charge in [-0.05, 0) is 37.5 Å². The van der Waals surface area contributed by atoms with Gasteiger partial charge in [0.1, 0.15) is 5.60 Å². The summed E-state index contributed by atoms with van der Waals surface area (Å²) in [6.07, 6.45) is -1.70. The molecular formula is C33H43N3O5. The summed E-state index contributed by atoms with van der Waals surface area (Å²) in [6.45, 7) is 6.47. The average molecular weight is 562 g/mol. The summed E-state index contributed by atoms with van der Waals surface area (Å²) >= 11 is 0. The minimum atomic E-state index is -0.610. The van der Waals surface area contributed by atoms with Crippen LogP contribution < -0.4 is 16.8 Å². The van der Waals surface area contributed by atoms with Gasteiger partial charge in [-0.15, -0.1) is 0 Å². The standard InChI is InChI=1S/C33H43N3O5/c1-33(2,3)41-26(37)19-36-29-31(39-21-24-15-9-5-10-16-24)27(34)30(38-20-23-13-7-4-8-14-23)28(35)32(29)40-22-25-17-11-6-12-18-25/h4-18,27-32,36H,19-22,34-35H2,1-3H3. The van der Waals surface area contributed by atoms with Crippen LogP contribution >= 0.6 is 0 Å². The Morgan fingerprint density at radius 3 is 1.39 bits per heavy atom. The Morgan fingerprint density at radius 2 is 1.02 bits per heavy atom. The molecule has 0 amide bonds. The molecule has 4 rings (SSSR count). The van der Waals surface area contributed by atoms with E-state index in [9.17, 15) is 4.79 Å². The first-order valence-corrected chi connectivity index (χ1v) is 14.1. The maximum absolute atomic E-state index is 12.7. The molecule has 220 valence electrons. The summed E-state index contributed by atoms with van der Waals surface area (Å²) in [6, 6.07) is 28.0. The molecular weight excluding hydrogens is 518 g/mol. The van der Waals surface area contributed by atoms with E-state index < -0.39 is 42.0 Å². The smallest absolute Gasteiger partial charge is 0.320 e. The topological polar surface area (TPSA) is 118 Å². The lowest BCUT2D eigenvalue weighted by Crippen LogP contribution is -2.73. The highest BCUT2D eigenvalue weighted by Crippen LogP contribution is 2.28. The number of hydrogen-bond acceptors (Lipinski definition) is 8. The van der Waals surface area contributed by atoms with Crippen molar-refractivity contribution in [3.63, 3.8) is 0 Å². The van der Waals surface area contributed by atoms with E-state index in [1.165, 1.54) is 0 Å². The molecule has 0 saturated heterocycles.